The van der Waals surface area contributed by atoms with E-state index in [0.717, 1.165) is 13.0 Å². The Balaban J connectivity index is 1.78. The Morgan fingerprint density at radius 2 is 2.15 bits per heavy atom. The minimum absolute atomic E-state index is 0.190. The topological polar surface area (TPSA) is 34.2 Å². The zero-order valence-corrected chi connectivity index (χ0v) is 12.7. The molecule has 110 valence electrons. The van der Waals surface area contributed by atoms with Crippen molar-refractivity contribution in [1.82, 2.24) is 10.3 Å². The van der Waals surface area contributed by atoms with Gasteiger partial charge in [0.15, 0.2) is 0 Å². The van der Waals surface area contributed by atoms with Crippen molar-refractivity contribution in [3.05, 3.63) is 29.6 Å². The van der Waals surface area contributed by atoms with Gasteiger partial charge >= 0.3 is 0 Å². The van der Waals surface area contributed by atoms with Crippen LogP contribution >= 0.6 is 0 Å². The normalized spacial score (nSPS) is 26.8. The molecule has 3 rings (SSSR count). The molecule has 0 amide bonds. The highest BCUT2D eigenvalue weighted by molar-refractivity contribution is 5.21. The van der Waals surface area contributed by atoms with Gasteiger partial charge in [-0.15, -0.1) is 0 Å². The Kier molecular flexibility index (Phi) is 4.08. The lowest BCUT2D eigenvalue weighted by molar-refractivity contribution is -0.0979. The number of nitrogens with zero attached hydrogens (tertiary/aromatic N) is 1. The molecule has 3 heteroatoms. The molecule has 2 fully saturated rings. The van der Waals surface area contributed by atoms with Gasteiger partial charge in [0.05, 0.1) is 5.60 Å². The summed E-state index contributed by atoms with van der Waals surface area (Å²) in [4.78, 5) is 4.37. The van der Waals surface area contributed by atoms with Crippen LogP contribution in [0.15, 0.2) is 18.5 Å². The highest BCUT2D eigenvalue weighted by Gasteiger charge is 2.42. The van der Waals surface area contributed by atoms with Crippen LogP contribution in [0.25, 0.3) is 0 Å². The van der Waals surface area contributed by atoms with Crippen LogP contribution < -0.4 is 5.32 Å². The molecule has 1 aromatic heterocycles. The van der Waals surface area contributed by atoms with Gasteiger partial charge < -0.3 is 10.1 Å². The molecule has 2 aliphatic rings. The van der Waals surface area contributed by atoms with Gasteiger partial charge in [-0.05, 0) is 56.7 Å². The van der Waals surface area contributed by atoms with Crippen LogP contribution in [0.1, 0.15) is 55.7 Å². The third-order valence-corrected chi connectivity index (χ3v) is 5.08. The van der Waals surface area contributed by atoms with E-state index in [4.69, 9.17) is 4.74 Å². The van der Waals surface area contributed by atoms with Crippen LogP contribution in [0, 0.1) is 12.8 Å². The van der Waals surface area contributed by atoms with E-state index in [9.17, 15) is 0 Å². The molecule has 2 unspecified atom stereocenters. The molecule has 3 nitrogen and oxygen atoms in total. The number of aromatic nitrogens is 1. The summed E-state index contributed by atoms with van der Waals surface area (Å²) in [6, 6.07) is 2.68. The van der Waals surface area contributed by atoms with Crippen molar-refractivity contribution in [1.29, 1.82) is 0 Å². The average Bonchev–Trinajstić information content (AvgIpc) is 2.88. The summed E-state index contributed by atoms with van der Waals surface area (Å²) in [7, 11) is 2.07. The molecular weight excluding hydrogens is 248 g/mol. The van der Waals surface area contributed by atoms with Crippen molar-refractivity contribution < 1.29 is 4.74 Å². The first kappa shape index (κ1) is 14.0. The maximum Gasteiger partial charge on any atom is 0.0686 e. The van der Waals surface area contributed by atoms with Crippen molar-refractivity contribution in [2.24, 2.45) is 5.92 Å². The molecule has 0 aromatic carbocycles. The summed E-state index contributed by atoms with van der Waals surface area (Å²) >= 11 is 0. The lowest BCUT2D eigenvalue weighted by Gasteiger charge is -2.41. The van der Waals surface area contributed by atoms with Gasteiger partial charge in [-0.25, -0.2) is 0 Å². The molecule has 1 spiro atoms. The number of aryl methyl sites for hydroxylation is 1. The zero-order valence-electron chi connectivity index (χ0n) is 12.7. The van der Waals surface area contributed by atoms with E-state index in [1.165, 1.54) is 43.2 Å². The number of ether oxygens (including phenoxy) is 1. The van der Waals surface area contributed by atoms with Gasteiger partial charge in [-0.1, -0.05) is 18.9 Å². The predicted octanol–water partition coefficient (Wildman–Crippen LogP) is 3.39. The first-order chi connectivity index (χ1) is 9.72. The molecule has 0 radical (unpaired) electrons. The lowest BCUT2D eigenvalue weighted by Crippen LogP contribution is -2.41. The summed E-state index contributed by atoms with van der Waals surface area (Å²) in [5.74, 6) is 0.662. The van der Waals surface area contributed by atoms with Crippen LogP contribution in [0.2, 0.25) is 0 Å². The minimum Gasteiger partial charge on any atom is -0.375 e. The largest absolute Gasteiger partial charge is 0.375 e. The third-order valence-electron chi connectivity index (χ3n) is 5.08. The Morgan fingerprint density at radius 3 is 2.85 bits per heavy atom. The average molecular weight is 274 g/mol. The molecule has 1 N–H and O–H groups in total. The van der Waals surface area contributed by atoms with Crippen molar-refractivity contribution in [2.45, 2.75) is 57.1 Å². The van der Waals surface area contributed by atoms with Crippen LogP contribution in [0.5, 0.6) is 0 Å². The fraction of sp³-hybridized carbons (Fsp3) is 0.706. The summed E-state index contributed by atoms with van der Waals surface area (Å²) in [6.45, 7) is 3.04. The smallest absolute Gasteiger partial charge is 0.0686 e. The van der Waals surface area contributed by atoms with E-state index in [0.29, 0.717) is 12.0 Å². The first-order valence-electron chi connectivity index (χ1n) is 7.95. The van der Waals surface area contributed by atoms with Gasteiger partial charge in [-0.2, -0.15) is 0 Å². The van der Waals surface area contributed by atoms with E-state index in [-0.39, 0.29) is 5.60 Å². The highest BCUT2D eigenvalue weighted by atomic mass is 16.5. The summed E-state index contributed by atoms with van der Waals surface area (Å²) < 4.78 is 6.17. The van der Waals surface area contributed by atoms with E-state index in [1.54, 1.807) is 0 Å². The molecule has 1 aliphatic carbocycles. The van der Waals surface area contributed by atoms with E-state index in [1.807, 2.05) is 12.4 Å². The predicted molar refractivity (Wildman–Crippen MR) is 80.6 cm³/mol. The molecule has 1 saturated heterocycles. The SMILES string of the molecule is CNC(c1cncc(C)c1)C1CCOC2(CCCC2)C1. The Labute approximate surface area is 122 Å². The van der Waals surface area contributed by atoms with Crippen molar-refractivity contribution in [3.63, 3.8) is 0 Å². The Morgan fingerprint density at radius 1 is 1.35 bits per heavy atom. The van der Waals surface area contributed by atoms with Crippen molar-refractivity contribution in [3.8, 4) is 0 Å². The fourth-order valence-corrected chi connectivity index (χ4v) is 4.14. The minimum atomic E-state index is 0.190. The van der Waals surface area contributed by atoms with Gasteiger partial charge in [0.25, 0.3) is 0 Å². The third kappa shape index (κ3) is 2.75. The standard InChI is InChI=1S/C17H26N2O/c1-13-9-15(12-19-11-13)16(18-2)14-5-8-20-17(10-14)6-3-4-7-17/h9,11-12,14,16,18H,3-8,10H2,1-2H3. The Hall–Kier alpha value is -0.930. The fourth-order valence-electron chi connectivity index (χ4n) is 4.14. The number of rotatable bonds is 3. The quantitative estimate of drug-likeness (QED) is 0.917. The molecule has 0 bridgehead atoms. The van der Waals surface area contributed by atoms with E-state index in [2.05, 4.69) is 30.3 Å². The molecule has 20 heavy (non-hydrogen) atoms. The molecular formula is C17H26N2O. The highest BCUT2D eigenvalue weighted by Crippen LogP contribution is 2.45. The summed E-state index contributed by atoms with van der Waals surface area (Å²) in [5.41, 5.74) is 2.76. The van der Waals surface area contributed by atoms with E-state index < -0.39 is 0 Å². The second kappa shape index (κ2) is 5.82. The Bertz CT molecular complexity index is 454. The van der Waals surface area contributed by atoms with Crippen LogP contribution in [0.3, 0.4) is 0 Å². The number of hydrogen-bond donors (Lipinski definition) is 1. The molecule has 2 heterocycles. The van der Waals surface area contributed by atoms with Crippen molar-refractivity contribution in [2.75, 3.05) is 13.7 Å². The van der Waals surface area contributed by atoms with E-state index >= 15 is 0 Å². The first-order valence-corrected chi connectivity index (χ1v) is 7.95. The molecule has 1 saturated carbocycles. The summed E-state index contributed by atoms with van der Waals surface area (Å²) in [5, 5.41) is 3.53. The molecule has 2 atom stereocenters. The maximum atomic E-state index is 6.17. The van der Waals surface area contributed by atoms with Crippen LogP contribution in [-0.2, 0) is 4.74 Å². The van der Waals surface area contributed by atoms with Crippen LogP contribution in [0.4, 0.5) is 0 Å². The number of nitrogens with one attached hydrogen (secondary N) is 1. The van der Waals surface area contributed by atoms with Gasteiger partial charge in [0.1, 0.15) is 0 Å². The van der Waals surface area contributed by atoms with Gasteiger partial charge in [-0.3, -0.25) is 4.98 Å². The van der Waals surface area contributed by atoms with Crippen molar-refractivity contribution >= 4 is 0 Å². The number of hydrogen-bond acceptors (Lipinski definition) is 3. The van der Waals surface area contributed by atoms with Gasteiger partial charge in [0.2, 0.25) is 0 Å². The van der Waals surface area contributed by atoms with Gasteiger partial charge in [0, 0.05) is 25.0 Å². The zero-order chi connectivity index (χ0) is 14.0. The monoisotopic (exact) mass is 274 g/mol. The second-order valence-corrected chi connectivity index (χ2v) is 6.55. The molecule has 1 aromatic rings. The van der Waals surface area contributed by atoms with Crippen LogP contribution in [-0.4, -0.2) is 24.2 Å². The number of pyridine rings is 1. The maximum absolute atomic E-state index is 6.17. The molecule has 1 aliphatic heterocycles. The second-order valence-electron chi connectivity index (χ2n) is 6.55. The summed E-state index contributed by atoms with van der Waals surface area (Å²) in [6.07, 6.45) is 11.5. The lowest BCUT2D eigenvalue weighted by atomic mass is 9.79.